The molecule has 0 fully saturated rings. The number of hydrogen-bond donors (Lipinski definition) is 1. The Kier molecular flexibility index (Phi) is 4.44. The van der Waals surface area contributed by atoms with E-state index in [1.54, 1.807) is 0 Å². The summed E-state index contributed by atoms with van der Waals surface area (Å²) < 4.78 is 3.84. The van der Waals surface area contributed by atoms with Gasteiger partial charge in [-0.3, -0.25) is 0 Å². The van der Waals surface area contributed by atoms with Crippen LogP contribution in [0.2, 0.25) is 0 Å². The van der Waals surface area contributed by atoms with Gasteiger partial charge in [-0.1, -0.05) is 11.4 Å². The summed E-state index contributed by atoms with van der Waals surface area (Å²) in [4.78, 5) is 0. The summed E-state index contributed by atoms with van der Waals surface area (Å²) in [5.41, 5.74) is 0.995. The molecule has 1 atom stereocenters. The summed E-state index contributed by atoms with van der Waals surface area (Å²) in [6.07, 6.45) is 0.801. The fraction of sp³-hybridized carbons (Fsp3) is 0.556. The van der Waals surface area contributed by atoms with Crippen LogP contribution in [0.4, 0.5) is 0 Å². The Labute approximate surface area is 82.7 Å². The third-order valence-electron chi connectivity index (χ3n) is 1.67. The number of hydrogen-bond acceptors (Lipinski definition) is 4. The van der Waals surface area contributed by atoms with Crippen molar-refractivity contribution < 1.29 is 0 Å². The van der Waals surface area contributed by atoms with Crippen LogP contribution in [-0.2, 0) is 0 Å². The first kappa shape index (κ1) is 10.2. The van der Waals surface area contributed by atoms with Crippen molar-refractivity contribution in [3.8, 4) is 11.8 Å². The Balaban J connectivity index is 2.60. The molecular formula is C9H13N3S. The van der Waals surface area contributed by atoms with Gasteiger partial charge in [0.15, 0.2) is 0 Å². The lowest BCUT2D eigenvalue weighted by molar-refractivity contribution is 0.550. The number of rotatable bonds is 4. The van der Waals surface area contributed by atoms with E-state index in [0.717, 1.165) is 18.7 Å². The molecule has 0 aliphatic rings. The summed E-state index contributed by atoms with van der Waals surface area (Å²) in [6, 6.07) is 0.233. The topological polar surface area (TPSA) is 37.8 Å². The van der Waals surface area contributed by atoms with Crippen molar-refractivity contribution in [2.24, 2.45) is 0 Å². The Bertz CT molecular complexity index is 284. The molecule has 1 N–H and O–H groups in total. The quantitative estimate of drug-likeness (QED) is 0.742. The number of nitrogens with zero attached hydrogens (tertiary/aromatic N) is 2. The van der Waals surface area contributed by atoms with Crippen molar-refractivity contribution in [3.05, 3.63) is 11.1 Å². The molecular weight excluding hydrogens is 182 g/mol. The fourth-order valence-electron chi connectivity index (χ4n) is 1.06. The molecule has 4 heteroatoms. The van der Waals surface area contributed by atoms with Crippen LogP contribution in [0.3, 0.4) is 0 Å². The van der Waals surface area contributed by atoms with Crippen LogP contribution < -0.4 is 5.32 Å². The van der Waals surface area contributed by atoms with E-state index in [0.29, 0.717) is 0 Å². The van der Waals surface area contributed by atoms with Gasteiger partial charge in [0.2, 0.25) is 0 Å². The summed E-state index contributed by atoms with van der Waals surface area (Å²) >= 11 is 1.38. The zero-order valence-corrected chi connectivity index (χ0v) is 8.69. The number of aromatic nitrogens is 2. The molecule has 1 aromatic heterocycles. The van der Waals surface area contributed by atoms with Crippen LogP contribution in [0.15, 0.2) is 5.38 Å². The molecule has 1 heterocycles. The van der Waals surface area contributed by atoms with Crippen molar-refractivity contribution in [2.45, 2.75) is 26.3 Å². The lowest BCUT2D eigenvalue weighted by atomic mass is 10.1. The van der Waals surface area contributed by atoms with Gasteiger partial charge in [-0.25, -0.2) is 0 Å². The Morgan fingerprint density at radius 2 is 2.54 bits per heavy atom. The first-order valence-electron chi connectivity index (χ1n) is 4.28. The Morgan fingerprint density at radius 3 is 3.08 bits per heavy atom. The van der Waals surface area contributed by atoms with Gasteiger partial charge in [0, 0.05) is 11.8 Å². The summed E-state index contributed by atoms with van der Waals surface area (Å²) in [5.74, 6) is 5.93. The maximum atomic E-state index is 4.03. The predicted octanol–water partition coefficient (Wildman–Crippen LogP) is 1.60. The van der Waals surface area contributed by atoms with Gasteiger partial charge >= 0.3 is 0 Å². The van der Waals surface area contributed by atoms with E-state index in [4.69, 9.17) is 0 Å². The van der Waals surface area contributed by atoms with Crippen molar-refractivity contribution in [3.63, 3.8) is 0 Å². The van der Waals surface area contributed by atoms with Gasteiger partial charge < -0.3 is 5.32 Å². The minimum atomic E-state index is 0.233. The van der Waals surface area contributed by atoms with E-state index < -0.39 is 0 Å². The average molecular weight is 195 g/mol. The second-order valence-corrected chi connectivity index (χ2v) is 3.18. The van der Waals surface area contributed by atoms with Crippen molar-refractivity contribution in [1.82, 2.24) is 14.9 Å². The summed E-state index contributed by atoms with van der Waals surface area (Å²) in [7, 11) is 0. The zero-order chi connectivity index (χ0) is 9.52. The second kappa shape index (κ2) is 5.68. The third-order valence-corrected chi connectivity index (χ3v) is 2.19. The van der Waals surface area contributed by atoms with Crippen LogP contribution in [0.25, 0.3) is 0 Å². The highest BCUT2D eigenvalue weighted by Gasteiger charge is 2.10. The molecule has 1 rings (SSSR count). The van der Waals surface area contributed by atoms with E-state index in [1.165, 1.54) is 11.5 Å². The van der Waals surface area contributed by atoms with Gasteiger partial charge in [0.05, 0.1) is 11.7 Å². The Hall–Kier alpha value is -0.920. The van der Waals surface area contributed by atoms with E-state index in [1.807, 2.05) is 12.3 Å². The molecule has 0 aromatic carbocycles. The molecule has 0 saturated carbocycles. The lowest BCUT2D eigenvalue weighted by Gasteiger charge is -2.10. The van der Waals surface area contributed by atoms with Crippen molar-refractivity contribution >= 4 is 11.5 Å². The van der Waals surface area contributed by atoms with Gasteiger partial charge in [-0.05, 0) is 25.0 Å². The molecule has 0 spiro atoms. The SMILES string of the molecule is CC#CCC(NCC)c1csnn1. The van der Waals surface area contributed by atoms with Gasteiger partial charge in [0.1, 0.15) is 0 Å². The molecule has 13 heavy (non-hydrogen) atoms. The smallest absolute Gasteiger partial charge is 0.0934 e. The lowest BCUT2D eigenvalue weighted by Crippen LogP contribution is -2.20. The first-order chi connectivity index (χ1) is 6.38. The summed E-state index contributed by atoms with van der Waals surface area (Å²) in [5, 5.41) is 9.31. The minimum absolute atomic E-state index is 0.233. The highest BCUT2D eigenvalue weighted by atomic mass is 32.1. The van der Waals surface area contributed by atoms with Gasteiger partial charge in [-0.2, -0.15) is 0 Å². The molecule has 0 radical (unpaired) electrons. The predicted molar refractivity (Wildman–Crippen MR) is 54.4 cm³/mol. The zero-order valence-electron chi connectivity index (χ0n) is 7.87. The van der Waals surface area contributed by atoms with E-state index in [-0.39, 0.29) is 6.04 Å². The molecule has 0 aliphatic heterocycles. The van der Waals surface area contributed by atoms with E-state index >= 15 is 0 Å². The minimum Gasteiger partial charge on any atom is -0.308 e. The number of nitrogens with one attached hydrogen (secondary N) is 1. The van der Waals surface area contributed by atoms with Crippen LogP contribution in [0, 0.1) is 11.8 Å². The maximum Gasteiger partial charge on any atom is 0.0934 e. The van der Waals surface area contributed by atoms with Crippen LogP contribution >= 0.6 is 11.5 Å². The van der Waals surface area contributed by atoms with Crippen LogP contribution in [-0.4, -0.2) is 16.1 Å². The second-order valence-electron chi connectivity index (χ2n) is 2.57. The molecule has 0 saturated heterocycles. The fourth-order valence-corrected chi connectivity index (χ4v) is 1.56. The van der Waals surface area contributed by atoms with E-state index in [2.05, 4.69) is 33.7 Å². The molecule has 3 nitrogen and oxygen atoms in total. The van der Waals surface area contributed by atoms with Crippen LogP contribution in [0.1, 0.15) is 32.0 Å². The van der Waals surface area contributed by atoms with Gasteiger partial charge in [-0.15, -0.1) is 16.9 Å². The standard InChI is InChI=1S/C9H13N3S/c1-3-5-6-8(10-4-2)9-7-13-12-11-9/h7-8,10H,4,6H2,1-2H3. The molecule has 0 bridgehead atoms. The highest BCUT2D eigenvalue weighted by Crippen LogP contribution is 2.13. The maximum absolute atomic E-state index is 4.03. The first-order valence-corrected chi connectivity index (χ1v) is 5.12. The van der Waals surface area contributed by atoms with E-state index in [9.17, 15) is 0 Å². The average Bonchev–Trinajstić information content (AvgIpc) is 2.65. The van der Waals surface area contributed by atoms with Gasteiger partial charge in [0.25, 0.3) is 0 Å². The third kappa shape index (κ3) is 3.13. The molecule has 0 amide bonds. The molecule has 70 valence electrons. The summed E-state index contributed by atoms with van der Waals surface area (Å²) in [6.45, 7) is 4.85. The van der Waals surface area contributed by atoms with Crippen molar-refractivity contribution in [2.75, 3.05) is 6.54 Å². The normalized spacial score (nSPS) is 11.8. The largest absolute Gasteiger partial charge is 0.308 e. The molecule has 0 aliphatic carbocycles. The molecule has 1 aromatic rings. The van der Waals surface area contributed by atoms with Crippen LogP contribution in [0.5, 0.6) is 0 Å². The highest BCUT2D eigenvalue weighted by molar-refractivity contribution is 7.03. The molecule has 1 unspecified atom stereocenters. The Morgan fingerprint density at radius 1 is 1.69 bits per heavy atom. The monoisotopic (exact) mass is 195 g/mol. The van der Waals surface area contributed by atoms with Crippen molar-refractivity contribution in [1.29, 1.82) is 0 Å².